The first kappa shape index (κ1) is 14.2. The maximum atomic E-state index is 11.6. The largest absolute Gasteiger partial charge is 0.481 e. The lowest BCUT2D eigenvalue weighted by Gasteiger charge is -2.04. The van der Waals surface area contributed by atoms with E-state index < -0.39 is 5.97 Å². The van der Waals surface area contributed by atoms with Crippen molar-refractivity contribution in [2.24, 2.45) is 0 Å². The molecule has 0 fully saturated rings. The van der Waals surface area contributed by atoms with E-state index in [-0.39, 0.29) is 12.3 Å². The van der Waals surface area contributed by atoms with Gasteiger partial charge in [0.25, 0.3) is 5.91 Å². The number of unbranched alkanes of at least 4 members (excludes halogenated alkanes) is 3. The molecule has 0 aliphatic rings. The van der Waals surface area contributed by atoms with Crippen molar-refractivity contribution >= 4 is 11.9 Å². The molecule has 0 aliphatic heterocycles. The summed E-state index contributed by atoms with van der Waals surface area (Å²) >= 11 is 0. The van der Waals surface area contributed by atoms with Gasteiger partial charge in [0.2, 0.25) is 0 Å². The molecule has 0 atom stereocenters. The third-order valence-electron chi connectivity index (χ3n) is 2.50. The number of pyridine rings is 1. The molecule has 5 nitrogen and oxygen atoms in total. The fraction of sp³-hybridized carbons (Fsp3) is 0.462. The van der Waals surface area contributed by atoms with E-state index in [1.807, 2.05) is 0 Å². The molecule has 18 heavy (non-hydrogen) atoms. The van der Waals surface area contributed by atoms with Crippen LogP contribution >= 0.6 is 0 Å². The van der Waals surface area contributed by atoms with E-state index >= 15 is 0 Å². The van der Waals surface area contributed by atoms with Crippen LogP contribution in [0.4, 0.5) is 0 Å². The van der Waals surface area contributed by atoms with Gasteiger partial charge in [-0.05, 0) is 25.0 Å². The van der Waals surface area contributed by atoms with Gasteiger partial charge in [0.15, 0.2) is 0 Å². The highest BCUT2D eigenvalue weighted by Crippen LogP contribution is 2.02. The van der Waals surface area contributed by atoms with Crippen molar-refractivity contribution in [2.75, 3.05) is 6.54 Å². The molecule has 0 spiro atoms. The molecule has 0 aromatic carbocycles. The van der Waals surface area contributed by atoms with Gasteiger partial charge in [-0.15, -0.1) is 0 Å². The highest BCUT2D eigenvalue weighted by molar-refractivity contribution is 5.92. The first-order valence-corrected chi connectivity index (χ1v) is 6.11. The number of carbonyl (C=O) groups excluding carboxylic acids is 1. The minimum Gasteiger partial charge on any atom is -0.481 e. The Morgan fingerprint density at radius 1 is 1.17 bits per heavy atom. The van der Waals surface area contributed by atoms with Gasteiger partial charge in [-0.2, -0.15) is 0 Å². The normalized spacial score (nSPS) is 10.0. The van der Waals surface area contributed by atoms with E-state index in [1.165, 1.54) is 0 Å². The predicted molar refractivity (Wildman–Crippen MR) is 67.3 cm³/mol. The Hall–Kier alpha value is -1.91. The number of carboxylic acids is 1. The molecule has 0 aliphatic carbocycles. The molecule has 0 unspecified atom stereocenters. The SMILES string of the molecule is O=C(O)CCCCCCNC(=O)c1ccccn1. The standard InChI is InChI=1S/C13H18N2O3/c16-12(17)8-3-1-2-5-10-15-13(18)11-7-4-6-9-14-11/h4,6-7,9H,1-3,5,8,10H2,(H,15,18)(H,16,17). The number of nitrogens with one attached hydrogen (secondary N) is 1. The van der Waals surface area contributed by atoms with Crippen LogP contribution in [0, 0.1) is 0 Å². The summed E-state index contributed by atoms with van der Waals surface area (Å²) in [5.41, 5.74) is 0.420. The minimum absolute atomic E-state index is 0.166. The van der Waals surface area contributed by atoms with Crippen molar-refractivity contribution in [3.63, 3.8) is 0 Å². The molecular weight excluding hydrogens is 232 g/mol. The van der Waals surface area contributed by atoms with E-state index in [0.29, 0.717) is 18.7 Å². The third kappa shape index (κ3) is 5.98. The molecule has 1 aromatic rings. The summed E-state index contributed by atoms with van der Waals surface area (Å²) in [4.78, 5) is 25.8. The summed E-state index contributed by atoms with van der Waals surface area (Å²) in [6.45, 7) is 0.600. The number of hydrogen-bond acceptors (Lipinski definition) is 3. The third-order valence-corrected chi connectivity index (χ3v) is 2.50. The van der Waals surface area contributed by atoms with Crippen LogP contribution in [0.15, 0.2) is 24.4 Å². The van der Waals surface area contributed by atoms with Gasteiger partial charge in [0, 0.05) is 19.2 Å². The Morgan fingerprint density at radius 3 is 2.61 bits per heavy atom. The Bertz CT molecular complexity index is 379. The molecule has 1 heterocycles. The van der Waals surface area contributed by atoms with Crippen LogP contribution in [0.5, 0.6) is 0 Å². The zero-order valence-electron chi connectivity index (χ0n) is 10.3. The summed E-state index contributed by atoms with van der Waals surface area (Å²) in [5, 5.41) is 11.2. The van der Waals surface area contributed by atoms with Crippen LogP contribution < -0.4 is 5.32 Å². The first-order valence-electron chi connectivity index (χ1n) is 6.11. The summed E-state index contributed by atoms with van der Waals surface area (Å²) in [5.74, 6) is -0.917. The molecular formula is C13H18N2O3. The second-order valence-corrected chi connectivity index (χ2v) is 4.03. The second-order valence-electron chi connectivity index (χ2n) is 4.03. The topological polar surface area (TPSA) is 79.3 Å². The van der Waals surface area contributed by atoms with Gasteiger partial charge in [0.05, 0.1) is 0 Å². The van der Waals surface area contributed by atoms with Crippen LogP contribution in [-0.2, 0) is 4.79 Å². The average Bonchev–Trinajstić information content (AvgIpc) is 2.38. The number of aromatic nitrogens is 1. The Balaban J connectivity index is 2.05. The van der Waals surface area contributed by atoms with Crippen molar-refractivity contribution in [2.45, 2.75) is 32.1 Å². The first-order chi connectivity index (χ1) is 8.70. The lowest BCUT2D eigenvalue weighted by atomic mass is 10.1. The average molecular weight is 250 g/mol. The van der Waals surface area contributed by atoms with Crippen LogP contribution in [-0.4, -0.2) is 28.5 Å². The van der Waals surface area contributed by atoms with E-state index in [1.54, 1.807) is 24.4 Å². The molecule has 0 bridgehead atoms. The number of carboxylic acid groups (broad SMARTS) is 1. The highest BCUT2D eigenvalue weighted by Gasteiger charge is 2.04. The van der Waals surface area contributed by atoms with E-state index in [9.17, 15) is 9.59 Å². The van der Waals surface area contributed by atoms with Gasteiger partial charge >= 0.3 is 5.97 Å². The van der Waals surface area contributed by atoms with Crippen LogP contribution in [0.3, 0.4) is 0 Å². The fourth-order valence-electron chi connectivity index (χ4n) is 1.54. The molecule has 1 rings (SSSR count). The second kappa shape index (κ2) is 8.22. The number of nitrogens with zero attached hydrogens (tertiary/aromatic N) is 1. The van der Waals surface area contributed by atoms with E-state index in [0.717, 1.165) is 19.3 Å². The molecule has 5 heteroatoms. The van der Waals surface area contributed by atoms with E-state index in [2.05, 4.69) is 10.3 Å². The summed E-state index contributed by atoms with van der Waals surface area (Å²) < 4.78 is 0. The smallest absolute Gasteiger partial charge is 0.303 e. The Labute approximate surface area is 106 Å². The number of carbonyl (C=O) groups is 2. The fourth-order valence-corrected chi connectivity index (χ4v) is 1.54. The van der Waals surface area contributed by atoms with Crippen molar-refractivity contribution in [1.82, 2.24) is 10.3 Å². The Morgan fingerprint density at radius 2 is 1.94 bits per heavy atom. The Kier molecular flexibility index (Phi) is 6.46. The number of rotatable bonds is 8. The minimum atomic E-state index is -0.751. The molecule has 0 saturated heterocycles. The van der Waals surface area contributed by atoms with Crippen molar-refractivity contribution in [3.05, 3.63) is 30.1 Å². The maximum Gasteiger partial charge on any atom is 0.303 e. The highest BCUT2D eigenvalue weighted by atomic mass is 16.4. The molecule has 0 radical (unpaired) electrons. The number of hydrogen-bond donors (Lipinski definition) is 2. The zero-order chi connectivity index (χ0) is 13.2. The number of amides is 1. The van der Waals surface area contributed by atoms with Crippen molar-refractivity contribution in [1.29, 1.82) is 0 Å². The summed E-state index contributed by atoms with van der Waals surface area (Å²) in [6.07, 6.45) is 5.17. The molecule has 1 aromatic heterocycles. The number of aliphatic carboxylic acids is 1. The summed E-state index contributed by atoms with van der Waals surface area (Å²) in [7, 11) is 0. The monoisotopic (exact) mass is 250 g/mol. The lowest BCUT2D eigenvalue weighted by Crippen LogP contribution is -2.25. The molecule has 2 N–H and O–H groups in total. The zero-order valence-corrected chi connectivity index (χ0v) is 10.3. The van der Waals surface area contributed by atoms with Crippen LogP contribution in [0.1, 0.15) is 42.6 Å². The molecule has 1 amide bonds. The van der Waals surface area contributed by atoms with Gasteiger partial charge in [-0.1, -0.05) is 18.9 Å². The summed E-state index contributed by atoms with van der Waals surface area (Å²) in [6, 6.07) is 5.20. The van der Waals surface area contributed by atoms with E-state index in [4.69, 9.17) is 5.11 Å². The van der Waals surface area contributed by atoms with Gasteiger partial charge < -0.3 is 10.4 Å². The van der Waals surface area contributed by atoms with Gasteiger partial charge in [0.1, 0.15) is 5.69 Å². The quantitative estimate of drug-likeness (QED) is 0.690. The van der Waals surface area contributed by atoms with Gasteiger partial charge in [-0.3, -0.25) is 14.6 Å². The van der Waals surface area contributed by atoms with Crippen LogP contribution in [0.25, 0.3) is 0 Å². The predicted octanol–water partition coefficient (Wildman–Crippen LogP) is 1.85. The lowest BCUT2D eigenvalue weighted by molar-refractivity contribution is -0.137. The van der Waals surface area contributed by atoms with Gasteiger partial charge in [-0.25, -0.2) is 0 Å². The van der Waals surface area contributed by atoms with Crippen molar-refractivity contribution in [3.8, 4) is 0 Å². The van der Waals surface area contributed by atoms with Crippen molar-refractivity contribution < 1.29 is 14.7 Å². The molecule has 98 valence electrons. The maximum absolute atomic E-state index is 11.6. The molecule has 0 saturated carbocycles. The van der Waals surface area contributed by atoms with Crippen LogP contribution in [0.2, 0.25) is 0 Å².